The second-order valence-electron chi connectivity index (χ2n) is 4.97. The molecule has 0 saturated carbocycles. The second kappa shape index (κ2) is 7.92. The Morgan fingerprint density at radius 1 is 0.654 bits per heavy atom. The van der Waals surface area contributed by atoms with Gasteiger partial charge < -0.3 is 2.85 Å². The molecule has 8 nitrogen and oxygen atoms in total. The van der Waals surface area contributed by atoms with E-state index < -0.39 is 52.7 Å². The SMILES string of the molecule is O=C1c2cccc(S(=O)(=O)O)c2C(=O)c2cccc(S(=O)(=O)O)c21.[H-].[H-].[Na+].[Na+]. The first-order valence-electron chi connectivity index (χ1n) is 6.34. The maximum absolute atomic E-state index is 12.6. The molecule has 0 fully saturated rings. The fraction of sp³-hybridized carbons (Fsp3) is 0. The van der Waals surface area contributed by atoms with Gasteiger partial charge in [0, 0.05) is 11.1 Å². The Morgan fingerprint density at radius 2 is 0.962 bits per heavy atom. The second-order valence-corrected chi connectivity index (χ2v) is 7.75. The van der Waals surface area contributed by atoms with Crippen LogP contribution in [0.1, 0.15) is 34.7 Å². The number of hydrogen-bond acceptors (Lipinski definition) is 6. The minimum atomic E-state index is -4.78. The molecule has 0 atom stereocenters. The third-order valence-electron chi connectivity index (χ3n) is 3.55. The number of hydrogen-bond donors (Lipinski definition) is 2. The van der Waals surface area contributed by atoms with Crippen LogP contribution in [-0.4, -0.2) is 37.5 Å². The first-order chi connectivity index (χ1) is 11.0. The molecule has 1 aliphatic rings. The number of carbonyl (C=O) groups is 2. The van der Waals surface area contributed by atoms with Crippen LogP contribution in [0.15, 0.2) is 46.2 Å². The average Bonchev–Trinajstić information content (AvgIpc) is 2.49. The van der Waals surface area contributed by atoms with E-state index in [0.29, 0.717) is 0 Å². The Hall–Kier alpha value is -0.400. The van der Waals surface area contributed by atoms with Gasteiger partial charge >= 0.3 is 59.1 Å². The van der Waals surface area contributed by atoms with Gasteiger partial charge in [-0.05, 0) is 12.1 Å². The van der Waals surface area contributed by atoms with Crippen molar-refractivity contribution in [1.82, 2.24) is 0 Å². The van der Waals surface area contributed by atoms with E-state index in [1.54, 1.807) is 0 Å². The zero-order valence-corrected chi connectivity index (χ0v) is 19.3. The van der Waals surface area contributed by atoms with E-state index in [0.717, 1.165) is 36.4 Å². The van der Waals surface area contributed by atoms with Crippen molar-refractivity contribution in [3.8, 4) is 0 Å². The molecular weight excluding hydrogens is 406 g/mol. The van der Waals surface area contributed by atoms with Crippen molar-refractivity contribution < 1.29 is 97.5 Å². The topological polar surface area (TPSA) is 143 Å². The number of fused-ring (bicyclic) bond motifs is 2. The Labute approximate surface area is 196 Å². The number of ketones is 2. The van der Waals surface area contributed by atoms with Crippen LogP contribution in [0.25, 0.3) is 0 Å². The molecule has 3 rings (SSSR count). The van der Waals surface area contributed by atoms with Gasteiger partial charge in [-0.15, -0.1) is 0 Å². The third-order valence-corrected chi connectivity index (χ3v) is 5.34. The summed E-state index contributed by atoms with van der Waals surface area (Å²) >= 11 is 0. The van der Waals surface area contributed by atoms with E-state index >= 15 is 0 Å². The van der Waals surface area contributed by atoms with Crippen molar-refractivity contribution in [3.05, 3.63) is 58.7 Å². The van der Waals surface area contributed by atoms with E-state index in [4.69, 9.17) is 0 Å². The maximum atomic E-state index is 12.6. The number of rotatable bonds is 2. The summed E-state index contributed by atoms with van der Waals surface area (Å²) in [5.41, 5.74) is -1.83. The Balaban J connectivity index is 0. The normalized spacial score (nSPS) is 13.2. The molecule has 12 heteroatoms. The Morgan fingerprint density at radius 3 is 1.23 bits per heavy atom. The van der Waals surface area contributed by atoms with Crippen molar-refractivity contribution in [2.24, 2.45) is 0 Å². The molecule has 0 spiro atoms. The van der Waals surface area contributed by atoms with Crippen molar-refractivity contribution in [1.29, 1.82) is 0 Å². The first-order valence-corrected chi connectivity index (χ1v) is 9.22. The van der Waals surface area contributed by atoms with Gasteiger partial charge in [-0.2, -0.15) is 16.8 Å². The van der Waals surface area contributed by atoms with Gasteiger partial charge in [0.15, 0.2) is 11.6 Å². The summed E-state index contributed by atoms with van der Waals surface area (Å²) < 4.78 is 64.3. The minimum Gasteiger partial charge on any atom is -1.00 e. The zero-order valence-electron chi connectivity index (χ0n) is 15.6. The predicted molar refractivity (Wildman–Crippen MR) is 81.6 cm³/mol. The van der Waals surface area contributed by atoms with Crippen LogP contribution >= 0.6 is 0 Å². The fourth-order valence-electron chi connectivity index (χ4n) is 2.61. The molecule has 0 aliphatic heterocycles. The molecule has 2 aromatic carbocycles. The van der Waals surface area contributed by atoms with Crippen molar-refractivity contribution in [3.63, 3.8) is 0 Å². The largest absolute Gasteiger partial charge is 1.00 e. The van der Waals surface area contributed by atoms with Crippen LogP contribution in [0.2, 0.25) is 0 Å². The summed E-state index contributed by atoms with van der Waals surface area (Å²) in [6, 6.07) is 6.44. The van der Waals surface area contributed by atoms with Gasteiger partial charge in [0.1, 0.15) is 9.79 Å². The van der Waals surface area contributed by atoms with Crippen LogP contribution in [0.4, 0.5) is 0 Å². The summed E-state index contributed by atoms with van der Waals surface area (Å²) in [5, 5.41) is 0. The molecule has 0 amide bonds. The van der Waals surface area contributed by atoms with Crippen molar-refractivity contribution >= 4 is 31.8 Å². The summed E-state index contributed by atoms with van der Waals surface area (Å²) in [5.74, 6) is -1.89. The van der Waals surface area contributed by atoms with E-state index in [2.05, 4.69) is 0 Å². The molecule has 0 heterocycles. The zero-order chi connectivity index (χ0) is 17.9. The van der Waals surface area contributed by atoms with Crippen LogP contribution in [0.5, 0.6) is 0 Å². The summed E-state index contributed by atoms with van der Waals surface area (Å²) in [7, 11) is -9.56. The van der Waals surface area contributed by atoms with Gasteiger partial charge in [-0.25, -0.2) is 0 Å². The fourth-order valence-corrected chi connectivity index (χ4v) is 4.03. The molecule has 26 heavy (non-hydrogen) atoms. The molecule has 0 saturated heterocycles. The summed E-state index contributed by atoms with van der Waals surface area (Å²) in [4.78, 5) is 23.7. The third kappa shape index (κ3) is 3.90. The van der Waals surface area contributed by atoms with E-state index in [9.17, 15) is 35.5 Å². The van der Waals surface area contributed by atoms with Crippen LogP contribution in [-0.2, 0) is 20.2 Å². The Kier molecular flexibility index (Phi) is 7.20. The van der Waals surface area contributed by atoms with Gasteiger partial charge in [-0.3, -0.25) is 18.7 Å². The summed E-state index contributed by atoms with van der Waals surface area (Å²) in [6.45, 7) is 0. The quantitative estimate of drug-likeness (QED) is 0.313. The molecule has 2 N–H and O–H groups in total. The van der Waals surface area contributed by atoms with Crippen LogP contribution in [0.3, 0.4) is 0 Å². The van der Waals surface area contributed by atoms with Crippen molar-refractivity contribution in [2.45, 2.75) is 9.79 Å². The number of benzene rings is 2. The molecule has 128 valence electrons. The smallest absolute Gasteiger partial charge is 1.00 e. The predicted octanol–water partition coefficient (Wildman–Crippen LogP) is -4.81. The number of carbonyl (C=O) groups excluding carboxylic acids is 2. The standard InChI is InChI=1S/C14H8O8S2.2Na.2H/c15-13-7-3-1-5-9(23(17,18)19)11(7)14(16)8-4-2-6-10(12(8)13)24(20,21)22;;;;/h1-6H,(H,17,18,19)(H,20,21,22);;;;/q;2*+1;2*-1. The van der Waals surface area contributed by atoms with E-state index in [1.165, 1.54) is 0 Å². The van der Waals surface area contributed by atoms with Gasteiger partial charge in [0.2, 0.25) is 0 Å². The van der Waals surface area contributed by atoms with Crippen molar-refractivity contribution in [2.75, 3.05) is 0 Å². The molecule has 0 unspecified atom stereocenters. The van der Waals surface area contributed by atoms with E-state index in [1.807, 2.05) is 0 Å². The molecule has 0 radical (unpaired) electrons. The Bertz CT molecular complexity index is 1060. The van der Waals surface area contributed by atoms with Gasteiger partial charge in [0.25, 0.3) is 20.2 Å². The molecule has 2 aromatic rings. The van der Waals surface area contributed by atoms with Crippen LogP contribution < -0.4 is 59.1 Å². The summed E-state index contributed by atoms with van der Waals surface area (Å²) in [6.07, 6.45) is 0. The maximum Gasteiger partial charge on any atom is 1.00 e. The van der Waals surface area contributed by atoms with Crippen LogP contribution in [0, 0.1) is 0 Å². The minimum absolute atomic E-state index is 0. The van der Waals surface area contributed by atoms with E-state index in [-0.39, 0.29) is 73.1 Å². The first kappa shape index (κ1) is 23.6. The molecular formula is C14H10Na2O8S2. The average molecular weight is 416 g/mol. The molecule has 0 bridgehead atoms. The van der Waals surface area contributed by atoms with Gasteiger partial charge in [-0.1, -0.05) is 24.3 Å². The molecule has 1 aliphatic carbocycles. The molecule has 0 aromatic heterocycles. The monoisotopic (exact) mass is 416 g/mol. The van der Waals surface area contributed by atoms with Gasteiger partial charge in [0.05, 0.1) is 11.1 Å².